The van der Waals surface area contributed by atoms with Gasteiger partial charge in [0.25, 0.3) is 11.8 Å². The van der Waals surface area contributed by atoms with Gasteiger partial charge in [-0.25, -0.2) is 0 Å². The van der Waals surface area contributed by atoms with Crippen LogP contribution in [0.4, 0.5) is 0 Å². The molecule has 6 nitrogen and oxygen atoms in total. The van der Waals surface area contributed by atoms with Crippen molar-refractivity contribution in [3.05, 3.63) is 47.2 Å². The highest BCUT2D eigenvalue weighted by molar-refractivity contribution is 6.21. The lowest BCUT2D eigenvalue weighted by atomic mass is 10.1. The van der Waals surface area contributed by atoms with Gasteiger partial charge in [-0.05, 0) is 12.1 Å². The highest BCUT2D eigenvalue weighted by Crippen LogP contribution is 2.23. The minimum absolute atomic E-state index is 0.00713. The number of hydrogen-bond acceptors (Lipinski definition) is 5. The van der Waals surface area contributed by atoms with E-state index in [-0.39, 0.29) is 24.2 Å². The summed E-state index contributed by atoms with van der Waals surface area (Å²) in [5.41, 5.74) is 0.831. The van der Waals surface area contributed by atoms with Crippen molar-refractivity contribution in [1.29, 1.82) is 0 Å². The van der Waals surface area contributed by atoms with Crippen molar-refractivity contribution in [3.63, 3.8) is 0 Å². The number of nitrogens with zero attached hydrogens (tertiary/aromatic N) is 3. The molecule has 90 valence electrons. The molecule has 1 aliphatic rings. The maximum Gasteiger partial charge on any atom is 0.262 e. The van der Waals surface area contributed by atoms with Crippen LogP contribution in [0.2, 0.25) is 0 Å². The van der Waals surface area contributed by atoms with E-state index in [0.29, 0.717) is 17.0 Å². The van der Waals surface area contributed by atoms with Crippen molar-refractivity contribution >= 4 is 11.8 Å². The van der Waals surface area contributed by atoms with Crippen LogP contribution in [0, 0.1) is 6.92 Å². The van der Waals surface area contributed by atoms with Gasteiger partial charge in [0.05, 0.1) is 11.1 Å². The zero-order valence-corrected chi connectivity index (χ0v) is 9.58. The van der Waals surface area contributed by atoms with Crippen molar-refractivity contribution in [2.45, 2.75) is 13.5 Å². The number of hydrogen-bond donors (Lipinski definition) is 0. The molecule has 0 aliphatic carbocycles. The number of amides is 2. The molecule has 2 aromatic rings. The van der Waals surface area contributed by atoms with E-state index in [1.54, 1.807) is 31.2 Å². The van der Waals surface area contributed by atoms with Crippen LogP contribution in [0.15, 0.2) is 28.7 Å². The summed E-state index contributed by atoms with van der Waals surface area (Å²) in [6.07, 6.45) is 0. The molecule has 0 fully saturated rings. The van der Waals surface area contributed by atoms with Crippen molar-refractivity contribution < 1.29 is 14.0 Å². The molecule has 6 heteroatoms. The van der Waals surface area contributed by atoms with Crippen molar-refractivity contribution in [2.24, 2.45) is 0 Å². The Balaban J connectivity index is 1.92. The lowest BCUT2D eigenvalue weighted by molar-refractivity contribution is 0.0628. The van der Waals surface area contributed by atoms with Gasteiger partial charge in [0, 0.05) is 6.92 Å². The average Bonchev–Trinajstić information content (AvgIpc) is 2.88. The Labute approximate surface area is 102 Å². The molecule has 18 heavy (non-hydrogen) atoms. The summed E-state index contributed by atoms with van der Waals surface area (Å²) >= 11 is 0. The molecule has 3 rings (SSSR count). The number of fused-ring (bicyclic) bond motifs is 1. The summed E-state index contributed by atoms with van der Waals surface area (Å²) in [4.78, 5) is 25.2. The van der Waals surface area contributed by atoms with E-state index in [4.69, 9.17) is 4.42 Å². The summed E-state index contributed by atoms with van der Waals surface area (Å²) in [5, 5.41) is 7.44. The molecule has 1 aromatic heterocycles. The number of carbonyl (C=O) groups is 2. The van der Waals surface area contributed by atoms with Crippen LogP contribution in [0.5, 0.6) is 0 Å². The lowest BCUT2D eigenvalue weighted by Crippen LogP contribution is -2.29. The highest BCUT2D eigenvalue weighted by atomic mass is 16.4. The van der Waals surface area contributed by atoms with Crippen LogP contribution in [0.3, 0.4) is 0 Å². The molecule has 0 unspecified atom stereocenters. The van der Waals surface area contributed by atoms with Gasteiger partial charge in [-0.3, -0.25) is 14.5 Å². The van der Waals surface area contributed by atoms with Gasteiger partial charge in [-0.1, -0.05) is 12.1 Å². The van der Waals surface area contributed by atoms with Crippen LogP contribution in [-0.2, 0) is 6.54 Å². The van der Waals surface area contributed by atoms with Crippen molar-refractivity contribution in [1.82, 2.24) is 15.1 Å². The summed E-state index contributed by atoms with van der Waals surface area (Å²) in [5.74, 6) is 0.00141. The van der Waals surface area contributed by atoms with E-state index in [1.807, 2.05) is 0 Å². The first-order chi connectivity index (χ1) is 8.66. The quantitative estimate of drug-likeness (QED) is 0.740. The molecule has 0 N–H and O–H groups in total. The summed E-state index contributed by atoms with van der Waals surface area (Å²) < 4.78 is 5.17. The second kappa shape index (κ2) is 3.76. The van der Waals surface area contributed by atoms with Gasteiger partial charge in [-0.15, -0.1) is 10.2 Å². The minimum Gasteiger partial charge on any atom is -0.424 e. The number of carbonyl (C=O) groups excluding carboxylic acids is 2. The number of rotatable bonds is 2. The van der Waals surface area contributed by atoms with E-state index in [9.17, 15) is 9.59 Å². The third-order valence-corrected chi connectivity index (χ3v) is 2.74. The smallest absolute Gasteiger partial charge is 0.262 e. The van der Waals surface area contributed by atoms with Gasteiger partial charge in [-0.2, -0.15) is 0 Å². The first kappa shape index (κ1) is 10.6. The number of aryl methyl sites for hydroxylation is 1. The fraction of sp³-hybridized carbons (Fsp3) is 0.167. The largest absolute Gasteiger partial charge is 0.424 e. The lowest BCUT2D eigenvalue weighted by Gasteiger charge is -2.10. The first-order valence-corrected chi connectivity index (χ1v) is 5.41. The first-order valence-electron chi connectivity index (χ1n) is 5.41. The van der Waals surface area contributed by atoms with Gasteiger partial charge < -0.3 is 4.42 Å². The maximum atomic E-state index is 12.0. The van der Waals surface area contributed by atoms with Crippen LogP contribution < -0.4 is 0 Å². The fourth-order valence-electron chi connectivity index (χ4n) is 1.92. The van der Waals surface area contributed by atoms with E-state index >= 15 is 0 Å². The summed E-state index contributed by atoms with van der Waals surface area (Å²) in [6, 6.07) is 6.72. The number of aromatic nitrogens is 2. The predicted molar refractivity (Wildman–Crippen MR) is 59.7 cm³/mol. The van der Waals surface area contributed by atoms with Crippen molar-refractivity contribution in [2.75, 3.05) is 0 Å². The van der Waals surface area contributed by atoms with Gasteiger partial charge in [0.15, 0.2) is 0 Å². The fourth-order valence-corrected chi connectivity index (χ4v) is 1.92. The van der Waals surface area contributed by atoms with E-state index < -0.39 is 0 Å². The summed E-state index contributed by atoms with van der Waals surface area (Å²) in [6.45, 7) is 1.66. The molecular weight excluding hydrogens is 234 g/mol. The van der Waals surface area contributed by atoms with Crippen LogP contribution >= 0.6 is 0 Å². The predicted octanol–water partition coefficient (Wildman–Crippen LogP) is 1.17. The Hall–Kier alpha value is -2.50. The third-order valence-electron chi connectivity index (χ3n) is 2.74. The Morgan fingerprint density at radius 3 is 2.22 bits per heavy atom. The van der Waals surface area contributed by atoms with Gasteiger partial charge in [0.1, 0.15) is 6.54 Å². The Morgan fingerprint density at radius 2 is 1.72 bits per heavy atom. The maximum absolute atomic E-state index is 12.0. The monoisotopic (exact) mass is 243 g/mol. The Bertz CT molecular complexity index is 613. The minimum atomic E-state index is -0.327. The second-order valence-corrected chi connectivity index (χ2v) is 3.96. The zero-order valence-electron chi connectivity index (χ0n) is 9.58. The van der Waals surface area contributed by atoms with Crippen LogP contribution in [-0.4, -0.2) is 26.9 Å². The normalized spacial score (nSPS) is 14.2. The van der Waals surface area contributed by atoms with Crippen LogP contribution in [0.1, 0.15) is 32.5 Å². The van der Waals surface area contributed by atoms with Crippen molar-refractivity contribution in [3.8, 4) is 0 Å². The molecule has 0 atom stereocenters. The molecule has 0 bridgehead atoms. The molecule has 2 heterocycles. The van der Waals surface area contributed by atoms with Crippen LogP contribution in [0.25, 0.3) is 0 Å². The zero-order chi connectivity index (χ0) is 12.7. The number of imide groups is 1. The number of benzene rings is 1. The summed E-state index contributed by atoms with van der Waals surface area (Å²) in [7, 11) is 0. The second-order valence-electron chi connectivity index (χ2n) is 3.96. The van der Waals surface area contributed by atoms with Gasteiger partial charge >= 0.3 is 0 Å². The van der Waals surface area contributed by atoms with Gasteiger partial charge in [0.2, 0.25) is 11.8 Å². The molecular formula is C12H9N3O3. The Morgan fingerprint density at radius 1 is 1.11 bits per heavy atom. The molecule has 0 saturated carbocycles. The topological polar surface area (TPSA) is 76.3 Å². The molecule has 1 aromatic carbocycles. The molecule has 2 amide bonds. The molecule has 0 radical (unpaired) electrons. The average molecular weight is 243 g/mol. The van der Waals surface area contributed by atoms with E-state index in [2.05, 4.69) is 10.2 Å². The van der Waals surface area contributed by atoms with E-state index in [0.717, 1.165) is 4.90 Å². The Kier molecular flexibility index (Phi) is 2.22. The van der Waals surface area contributed by atoms with E-state index in [1.165, 1.54) is 0 Å². The third kappa shape index (κ3) is 1.50. The standard InChI is InChI=1S/C12H9N3O3/c1-7-13-14-10(18-7)6-15-11(16)8-4-2-3-5-9(8)12(15)17/h2-5H,6H2,1H3. The molecule has 0 spiro atoms. The SMILES string of the molecule is Cc1nnc(CN2C(=O)c3ccccc3C2=O)o1. The highest BCUT2D eigenvalue weighted by Gasteiger charge is 2.35. The molecule has 1 aliphatic heterocycles. The molecule has 0 saturated heterocycles.